The second-order valence-electron chi connectivity index (χ2n) is 6.35. The van der Waals surface area contributed by atoms with Crippen molar-refractivity contribution in [2.45, 2.75) is 25.0 Å². The number of β-amino-alcohol motifs (C(OH)–C–C–N with tert-alkyl or cyclic N) is 1. The molecule has 25 heavy (non-hydrogen) atoms. The van der Waals surface area contributed by atoms with Crippen molar-refractivity contribution in [2.75, 3.05) is 26.7 Å². The topological polar surface area (TPSA) is 70.4 Å². The summed E-state index contributed by atoms with van der Waals surface area (Å²) in [4.78, 5) is 13.8. The van der Waals surface area contributed by atoms with Crippen LogP contribution in [0, 0.1) is 5.82 Å². The third-order valence-electron chi connectivity index (χ3n) is 4.62. The van der Waals surface area contributed by atoms with Crippen molar-refractivity contribution < 1.29 is 14.3 Å². The number of hydrogen-bond acceptors (Lipinski definition) is 4. The number of amides is 1. The molecule has 2 heterocycles. The van der Waals surface area contributed by atoms with Gasteiger partial charge in [-0.3, -0.25) is 14.4 Å². The summed E-state index contributed by atoms with van der Waals surface area (Å²) >= 11 is 0. The molecule has 0 unspecified atom stereocenters. The highest BCUT2D eigenvalue weighted by molar-refractivity contribution is 5.91. The van der Waals surface area contributed by atoms with E-state index in [0.29, 0.717) is 24.3 Å². The highest BCUT2D eigenvalue weighted by Crippen LogP contribution is 2.24. The molecule has 6 nitrogen and oxygen atoms in total. The predicted molar refractivity (Wildman–Crippen MR) is 91.7 cm³/mol. The number of aliphatic hydroxyl groups is 1. The lowest BCUT2D eigenvalue weighted by molar-refractivity contribution is 0.0817. The fraction of sp³-hybridized carbons (Fsp3) is 0.444. The van der Waals surface area contributed by atoms with Crippen LogP contribution in [0.3, 0.4) is 0 Å². The van der Waals surface area contributed by atoms with E-state index in [0.717, 1.165) is 19.4 Å². The van der Waals surface area contributed by atoms with Crippen LogP contribution in [0.1, 0.15) is 41.0 Å². The number of aromatic nitrogens is 2. The van der Waals surface area contributed by atoms with Crippen LogP contribution >= 0.6 is 0 Å². The van der Waals surface area contributed by atoms with Gasteiger partial charge in [0, 0.05) is 31.9 Å². The number of benzene rings is 1. The van der Waals surface area contributed by atoms with Crippen LogP contribution in [-0.4, -0.2) is 52.4 Å². The van der Waals surface area contributed by atoms with E-state index in [4.69, 9.17) is 0 Å². The monoisotopic (exact) mass is 346 g/mol. The fourth-order valence-electron chi connectivity index (χ4n) is 3.29. The zero-order chi connectivity index (χ0) is 17.8. The number of likely N-dealkylation sites (tertiary alicyclic amines) is 1. The third kappa shape index (κ3) is 4.05. The number of rotatable bonds is 5. The van der Waals surface area contributed by atoms with Gasteiger partial charge in [-0.15, -0.1) is 0 Å². The number of halogens is 1. The molecule has 1 amide bonds. The van der Waals surface area contributed by atoms with Crippen molar-refractivity contribution in [3.8, 4) is 0 Å². The molecule has 2 N–H and O–H groups in total. The average Bonchev–Trinajstić information content (AvgIpc) is 3.12. The second kappa shape index (κ2) is 7.76. The molecule has 0 spiro atoms. The molecule has 0 radical (unpaired) electrons. The summed E-state index contributed by atoms with van der Waals surface area (Å²) in [5.74, 6) is -0.591. The van der Waals surface area contributed by atoms with Gasteiger partial charge in [0.25, 0.3) is 5.91 Å². The van der Waals surface area contributed by atoms with Gasteiger partial charge in [-0.1, -0.05) is 18.2 Å². The SMILES string of the molecule is CNC(=O)c1ccn([C@H]2CCCN(C[C@@H](O)c3ccccc3F)C2)n1. The molecule has 0 bridgehead atoms. The minimum atomic E-state index is -0.862. The predicted octanol–water partition coefficient (Wildman–Crippen LogP) is 1.75. The number of carbonyl (C=O) groups excluding carboxylic acids is 1. The summed E-state index contributed by atoms with van der Waals surface area (Å²) in [7, 11) is 1.58. The van der Waals surface area contributed by atoms with E-state index in [-0.39, 0.29) is 17.8 Å². The molecule has 3 rings (SSSR count). The van der Waals surface area contributed by atoms with Gasteiger partial charge in [-0.25, -0.2) is 4.39 Å². The molecular formula is C18H23FN4O2. The quantitative estimate of drug-likeness (QED) is 0.865. The highest BCUT2D eigenvalue weighted by Gasteiger charge is 2.25. The average molecular weight is 346 g/mol. The molecule has 1 aromatic heterocycles. The van der Waals surface area contributed by atoms with E-state index in [1.54, 1.807) is 31.3 Å². The van der Waals surface area contributed by atoms with Crippen molar-refractivity contribution >= 4 is 5.91 Å². The number of carbonyl (C=O) groups is 1. The third-order valence-corrected chi connectivity index (χ3v) is 4.62. The van der Waals surface area contributed by atoms with Crippen molar-refractivity contribution in [1.29, 1.82) is 0 Å². The highest BCUT2D eigenvalue weighted by atomic mass is 19.1. The zero-order valence-electron chi connectivity index (χ0n) is 14.2. The Kier molecular flexibility index (Phi) is 5.45. The van der Waals surface area contributed by atoms with Crippen molar-refractivity contribution in [1.82, 2.24) is 20.0 Å². The molecule has 134 valence electrons. The van der Waals surface area contributed by atoms with Gasteiger partial charge in [0.05, 0.1) is 12.1 Å². The van der Waals surface area contributed by atoms with Crippen molar-refractivity contribution in [3.63, 3.8) is 0 Å². The number of hydrogen-bond donors (Lipinski definition) is 2. The first kappa shape index (κ1) is 17.6. The molecule has 1 saturated heterocycles. The maximum absolute atomic E-state index is 13.8. The van der Waals surface area contributed by atoms with Gasteiger partial charge < -0.3 is 10.4 Å². The fourth-order valence-corrected chi connectivity index (χ4v) is 3.29. The van der Waals surface area contributed by atoms with Gasteiger partial charge >= 0.3 is 0 Å². The number of piperidine rings is 1. The summed E-state index contributed by atoms with van der Waals surface area (Å²) in [5.41, 5.74) is 0.719. The largest absolute Gasteiger partial charge is 0.387 e. The van der Waals surface area contributed by atoms with Crippen LogP contribution in [0.5, 0.6) is 0 Å². The molecule has 1 aliphatic rings. The van der Waals surface area contributed by atoms with Crippen LogP contribution in [0.2, 0.25) is 0 Å². The number of nitrogens with zero attached hydrogens (tertiary/aromatic N) is 3. The molecule has 7 heteroatoms. The Hall–Kier alpha value is -2.25. The second-order valence-corrected chi connectivity index (χ2v) is 6.35. The lowest BCUT2D eigenvalue weighted by Crippen LogP contribution is -2.39. The Morgan fingerprint density at radius 2 is 2.24 bits per heavy atom. The maximum Gasteiger partial charge on any atom is 0.271 e. The Balaban J connectivity index is 1.64. The summed E-state index contributed by atoms with van der Waals surface area (Å²) in [6.45, 7) is 1.94. The van der Waals surface area contributed by atoms with Crippen LogP contribution in [0.25, 0.3) is 0 Å². The first-order valence-corrected chi connectivity index (χ1v) is 8.50. The molecule has 2 atom stereocenters. The Morgan fingerprint density at radius 1 is 1.44 bits per heavy atom. The van der Waals surface area contributed by atoms with Crippen LogP contribution < -0.4 is 5.32 Å². The number of nitrogens with one attached hydrogen (secondary N) is 1. The van der Waals surface area contributed by atoms with Crippen LogP contribution in [0.15, 0.2) is 36.5 Å². The van der Waals surface area contributed by atoms with Gasteiger partial charge in [0.2, 0.25) is 0 Å². The van der Waals surface area contributed by atoms with Crippen molar-refractivity contribution in [3.05, 3.63) is 53.6 Å². The Morgan fingerprint density at radius 3 is 3.00 bits per heavy atom. The van der Waals surface area contributed by atoms with E-state index >= 15 is 0 Å². The maximum atomic E-state index is 13.8. The van der Waals surface area contributed by atoms with Crippen LogP contribution in [0.4, 0.5) is 4.39 Å². The summed E-state index contributed by atoms with van der Waals surface area (Å²) in [6.07, 6.45) is 2.87. The lowest BCUT2D eigenvalue weighted by atomic mass is 10.0. The Labute approximate surface area is 146 Å². The molecule has 2 aromatic rings. The minimum absolute atomic E-state index is 0.139. The zero-order valence-corrected chi connectivity index (χ0v) is 14.2. The van der Waals surface area contributed by atoms with Crippen LogP contribution in [-0.2, 0) is 0 Å². The van der Waals surface area contributed by atoms with Gasteiger partial charge in [0.15, 0.2) is 0 Å². The summed E-state index contributed by atoms with van der Waals surface area (Å²) in [5, 5.41) is 17.3. The molecule has 1 aliphatic heterocycles. The van der Waals surface area contributed by atoms with E-state index in [9.17, 15) is 14.3 Å². The van der Waals surface area contributed by atoms with E-state index in [1.807, 2.05) is 10.9 Å². The Bertz CT molecular complexity index is 733. The van der Waals surface area contributed by atoms with E-state index in [2.05, 4.69) is 15.3 Å². The van der Waals surface area contributed by atoms with E-state index in [1.165, 1.54) is 6.07 Å². The summed E-state index contributed by atoms with van der Waals surface area (Å²) < 4.78 is 15.6. The van der Waals surface area contributed by atoms with E-state index < -0.39 is 6.10 Å². The minimum Gasteiger partial charge on any atom is -0.387 e. The molecular weight excluding hydrogens is 323 g/mol. The molecule has 0 aliphatic carbocycles. The van der Waals surface area contributed by atoms with Gasteiger partial charge in [0.1, 0.15) is 11.5 Å². The first-order chi connectivity index (χ1) is 12.1. The van der Waals surface area contributed by atoms with Gasteiger partial charge in [-0.2, -0.15) is 5.10 Å². The smallest absolute Gasteiger partial charge is 0.271 e. The molecule has 0 saturated carbocycles. The van der Waals surface area contributed by atoms with Crippen molar-refractivity contribution in [2.24, 2.45) is 0 Å². The molecule has 1 fully saturated rings. The first-order valence-electron chi connectivity index (χ1n) is 8.50. The normalized spacial score (nSPS) is 19.6. The number of aliphatic hydroxyl groups excluding tert-OH is 1. The molecule has 1 aromatic carbocycles. The lowest BCUT2D eigenvalue weighted by Gasteiger charge is -2.34. The van der Waals surface area contributed by atoms with Gasteiger partial charge in [-0.05, 0) is 31.5 Å². The standard InChI is InChI=1S/C18H23FN4O2/c1-20-18(25)16-8-10-23(21-16)13-5-4-9-22(11-13)12-17(24)14-6-2-3-7-15(14)19/h2-3,6-8,10,13,17,24H,4-5,9,11-12H2,1H3,(H,20,25)/t13-,17+/m0/s1. The summed E-state index contributed by atoms with van der Waals surface area (Å²) in [6, 6.07) is 8.16.